The molecule has 1 fully saturated rings. The molecule has 2 aromatic carbocycles. The summed E-state index contributed by atoms with van der Waals surface area (Å²) in [5.41, 5.74) is 2.12. The minimum atomic E-state index is -0.402. The van der Waals surface area contributed by atoms with Crippen LogP contribution < -0.4 is 10.2 Å². The summed E-state index contributed by atoms with van der Waals surface area (Å²) < 4.78 is 14.1. The standard InChI is InChI=1S/C19H17FIN3O/c20-14-3-6-18(21)17(11-14)19(25)23-15-7-9-24(10-8-15)16-4-1-13(12-22)2-5-16/h1-6,11,15H,7-10H2,(H,23,25). The summed E-state index contributed by atoms with van der Waals surface area (Å²) in [5, 5.41) is 11.9. The van der Waals surface area contributed by atoms with Crippen LogP contribution in [0.2, 0.25) is 0 Å². The molecule has 0 radical (unpaired) electrons. The van der Waals surface area contributed by atoms with Gasteiger partial charge in [-0.1, -0.05) is 0 Å². The van der Waals surface area contributed by atoms with Crippen LogP contribution in [0.5, 0.6) is 0 Å². The van der Waals surface area contributed by atoms with Crippen LogP contribution in [0.1, 0.15) is 28.8 Å². The van der Waals surface area contributed by atoms with Crippen molar-refractivity contribution in [3.8, 4) is 6.07 Å². The molecule has 0 atom stereocenters. The fraction of sp³-hybridized carbons (Fsp3) is 0.263. The van der Waals surface area contributed by atoms with E-state index in [-0.39, 0.29) is 11.9 Å². The van der Waals surface area contributed by atoms with Gasteiger partial charge in [0, 0.05) is 28.4 Å². The number of nitrogens with zero attached hydrogens (tertiary/aromatic N) is 2. The van der Waals surface area contributed by atoms with Crippen LogP contribution in [0.4, 0.5) is 10.1 Å². The Balaban J connectivity index is 1.58. The molecule has 1 saturated heterocycles. The third kappa shape index (κ3) is 4.28. The maximum Gasteiger partial charge on any atom is 0.252 e. The van der Waals surface area contributed by atoms with Crippen LogP contribution >= 0.6 is 22.6 Å². The SMILES string of the molecule is N#Cc1ccc(N2CCC(NC(=O)c3cc(F)ccc3I)CC2)cc1. The lowest BCUT2D eigenvalue weighted by Crippen LogP contribution is -2.44. The van der Waals surface area contributed by atoms with E-state index in [1.165, 1.54) is 12.1 Å². The molecule has 0 aromatic heterocycles. The van der Waals surface area contributed by atoms with Gasteiger partial charge in [-0.2, -0.15) is 5.26 Å². The maximum absolute atomic E-state index is 13.4. The fourth-order valence-electron chi connectivity index (χ4n) is 2.96. The molecule has 1 aliphatic heterocycles. The van der Waals surface area contributed by atoms with Crippen molar-refractivity contribution < 1.29 is 9.18 Å². The molecule has 3 rings (SSSR count). The molecule has 0 spiro atoms. The second-order valence-corrected chi connectivity index (χ2v) is 7.18. The van der Waals surface area contributed by atoms with E-state index < -0.39 is 5.82 Å². The van der Waals surface area contributed by atoms with Crippen molar-refractivity contribution in [1.29, 1.82) is 5.26 Å². The predicted octanol–water partition coefficient (Wildman–Crippen LogP) is 3.70. The van der Waals surface area contributed by atoms with Crippen molar-refractivity contribution in [3.63, 3.8) is 0 Å². The van der Waals surface area contributed by atoms with Gasteiger partial charge in [0.05, 0.1) is 17.2 Å². The number of hydrogen-bond acceptors (Lipinski definition) is 3. The fourth-order valence-corrected chi connectivity index (χ4v) is 3.54. The summed E-state index contributed by atoms with van der Waals surface area (Å²) in [4.78, 5) is 14.6. The van der Waals surface area contributed by atoms with Crippen molar-refractivity contribution in [2.24, 2.45) is 0 Å². The number of piperidine rings is 1. The topological polar surface area (TPSA) is 56.1 Å². The Hall–Kier alpha value is -2.14. The van der Waals surface area contributed by atoms with Crippen molar-refractivity contribution in [2.45, 2.75) is 18.9 Å². The Bertz CT molecular complexity index is 808. The van der Waals surface area contributed by atoms with Crippen LogP contribution in [-0.2, 0) is 0 Å². The van der Waals surface area contributed by atoms with Crippen molar-refractivity contribution >= 4 is 34.2 Å². The zero-order valence-corrected chi connectivity index (χ0v) is 15.7. The van der Waals surface area contributed by atoms with Crippen molar-refractivity contribution in [1.82, 2.24) is 5.32 Å². The molecule has 0 aliphatic carbocycles. The molecule has 128 valence electrons. The smallest absolute Gasteiger partial charge is 0.252 e. The van der Waals surface area contributed by atoms with E-state index in [0.29, 0.717) is 11.1 Å². The number of benzene rings is 2. The first-order valence-electron chi connectivity index (χ1n) is 8.08. The minimum Gasteiger partial charge on any atom is -0.371 e. The highest BCUT2D eigenvalue weighted by molar-refractivity contribution is 14.1. The average molecular weight is 449 g/mol. The lowest BCUT2D eigenvalue weighted by atomic mass is 10.0. The molecule has 0 saturated carbocycles. The first-order chi connectivity index (χ1) is 12.1. The highest BCUT2D eigenvalue weighted by Gasteiger charge is 2.22. The maximum atomic E-state index is 13.4. The van der Waals surface area contributed by atoms with Gasteiger partial charge >= 0.3 is 0 Å². The Labute approximate surface area is 159 Å². The molecule has 0 unspecified atom stereocenters. The molecular formula is C19H17FIN3O. The lowest BCUT2D eigenvalue weighted by molar-refractivity contribution is 0.0929. The molecule has 25 heavy (non-hydrogen) atoms. The predicted molar refractivity (Wildman–Crippen MR) is 103 cm³/mol. The first kappa shape index (κ1) is 17.7. The molecule has 2 aromatic rings. The molecule has 1 N–H and O–H groups in total. The first-order valence-corrected chi connectivity index (χ1v) is 9.16. The quantitative estimate of drug-likeness (QED) is 0.728. The van der Waals surface area contributed by atoms with Crippen LogP contribution in [0.15, 0.2) is 42.5 Å². The summed E-state index contributed by atoms with van der Waals surface area (Å²) in [6.07, 6.45) is 1.66. The van der Waals surface area contributed by atoms with Gasteiger partial charge < -0.3 is 10.2 Å². The summed E-state index contributed by atoms with van der Waals surface area (Å²) in [6.45, 7) is 1.66. The third-order valence-electron chi connectivity index (χ3n) is 4.36. The zero-order valence-electron chi connectivity index (χ0n) is 13.5. The molecule has 6 heteroatoms. The van der Waals surface area contributed by atoms with Gasteiger partial charge in [0.1, 0.15) is 5.82 Å². The van der Waals surface area contributed by atoms with Crippen LogP contribution in [0.3, 0.4) is 0 Å². The summed E-state index contributed by atoms with van der Waals surface area (Å²) in [5.74, 6) is -0.623. The second kappa shape index (κ2) is 7.83. The molecule has 1 heterocycles. The lowest BCUT2D eigenvalue weighted by Gasteiger charge is -2.34. The van der Waals surface area contributed by atoms with E-state index in [1.54, 1.807) is 6.07 Å². The Morgan fingerprint density at radius 2 is 1.88 bits per heavy atom. The van der Waals surface area contributed by atoms with Gasteiger partial charge in [0.2, 0.25) is 0 Å². The van der Waals surface area contributed by atoms with E-state index in [2.05, 4.69) is 16.3 Å². The van der Waals surface area contributed by atoms with Crippen LogP contribution in [0.25, 0.3) is 0 Å². The molecule has 4 nitrogen and oxygen atoms in total. The Kier molecular flexibility index (Phi) is 5.53. The number of rotatable bonds is 3. The highest BCUT2D eigenvalue weighted by Crippen LogP contribution is 2.21. The largest absolute Gasteiger partial charge is 0.371 e. The van der Waals surface area contributed by atoms with E-state index in [4.69, 9.17) is 5.26 Å². The van der Waals surface area contributed by atoms with Gasteiger partial charge in [-0.25, -0.2) is 4.39 Å². The Morgan fingerprint density at radius 1 is 1.20 bits per heavy atom. The number of amides is 1. The summed E-state index contributed by atoms with van der Waals surface area (Å²) >= 11 is 2.04. The van der Waals surface area contributed by atoms with Crippen molar-refractivity contribution in [3.05, 3.63) is 63.0 Å². The highest BCUT2D eigenvalue weighted by atomic mass is 127. The van der Waals surface area contributed by atoms with E-state index >= 15 is 0 Å². The molecule has 0 bridgehead atoms. The van der Waals surface area contributed by atoms with Crippen molar-refractivity contribution in [2.75, 3.05) is 18.0 Å². The number of nitriles is 1. The monoisotopic (exact) mass is 449 g/mol. The molecule has 1 aliphatic rings. The molecular weight excluding hydrogens is 432 g/mol. The number of carbonyl (C=O) groups is 1. The average Bonchev–Trinajstić information content (AvgIpc) is 2.64. The molecule has 1 amide bonds. The number of nitrogens with one attached hydrogen (secondary N) is 1. The normalized spacial score (nSPS) is 14.8. The number of anilines is 1. The van der Waals surface area contributed by atoms with E-state index in [1.807, 2.05) is 46.9 Å². The van der Waals surface area contributed by atoms with Crippen LogP contribution in [0, 0.1) is 20.7 Å². The number of halogens is 2. The number of carbonyl (C=O) groups excluding carboxylic acids is 1. The van der Waals surface area contributed by atoms with Gasteiger partial charge in [-0.15, -0.1) is 0 Å². The minimum absolute atomic E-state index is 0.0844. The number of hydrogen-bond donors (Lipinski definition) is 1. The second-order valence-electron chi connectivity index (χ2n) is 6.02. The van der Waals surface area contributed by atoms with Gasteiger partial charge in [0.15, 0.2) is 0 Å². The van der Waals surface area contributed by atoms with Gasteiger partial charge in [-0.05, 0) is 77.9 Å². The van der Waals surface area contributed by atoms with Gasteiger partial charge in [0.25, 0.3) is 5.91 Å². The van der Waals surface area contributed by atoms with Gasteiger partial charge in [-0.3, -0.25) is 4.79 Å². The third-order valence-corrected chi connectivity index (χ3v) is 5.31. The summed E-state index contributed by atoms with van der Waals surface area (Å²) in [7, 11) is 0. The van der Waals surface area contributed by atoms with E-state index in [9.17, 15) is 9.18 Å². The zero-order chi connectivity index (χ0) is 17.8. The van der Waals surface area contributed by atoms with Crippen LogP contribution in [-0.4, -0.2) is 25.0 Å². The van der Waals surface area contributed by atoms with E-state index in [0.717, 1.165) is 35.2 Å². The Morgan fingerprint density at radius 3 is 2.52 bits per heavy atom. The summed E-state index contributed by atoms with van der Waals surface area (Å²) in [6, 6.07) is 14.0.